The van der Waals surface area contributed by atoms with Crippen LogP contribution in [-0.2, 0) is 87.4 Å². The van der Waals surface area contributed by atoms with Gasteiger partial charge in [-0.1, -0.05) is 48.6 Å². The fraction of sp³-hybridized carbons (Fsp3) is 0.0370. The topological polar surface area (TPSA) is 492 Å². The van der Waals surface area contributed by atoms with E-state index >= 15 is 0 Å². The Morgan fingerprint density at radius 2 is 0.800 bits per heavy atom. The predicted molar refractivity (Wildman–Crippen MR) is 219 cm³/mol. The average Bonchev–Trinajstić information content (AvgIpc) is 3.74. The van der Waals surface area contributed by atoms with Crippen LogP contribution in [0.3, 0.4) is 0 Å². The number of benzene rings is 4. The smallest absolute Gasteiger partial charge is 0.326 e. The fourth-order valence-corrected chi connectivity index (χ4v) is 13.3. The Kier molecular flexibility index (Phi) is 16.4. The van der Waals surface area contributed by atoms with Crippen molar-refractivity contribution in [2.24, 2.45) is 0 Å². The van der Waals surface area contributed by atoms with Crippen molar-refractivity contribution in [2.45, 2.75) is 46.1 Å². The minimum atomic E-state index is -5.69. The van der Waals surface area contributed by atoms with Crippen LogP contribution in [0.2, 0.25) is 0 Å². The van der Waals surface area contributed by atoms with Gasteiger partial charge < -0.3 is 9.97 Å². The molecule has 0 fully saturated rings. The van der Waals surface area contributed by atoms with Crippen molar-refractivity contribution >= 4 is 179 Å². The normalized spacial score (nSPS) is 13.5. The Morgan fingerprint density at radius 1 is 0.446 bits per heavy atom. The molecule has 7 rings (SSSR count). The summed E-state index contributed by atoms with van der Waals surface area (Å²) in [7, 11) is -43.8. The number of imidazole rings is 2. The van der Waals surface area contributed by atoms with Crippen LogP contribution in [0.15, 0.2) is 94.3 Å². The molecule has 2 radical (unpaired) electrons. The second-order valence-electron chi connectivity index (χ2n) is 12.2. The van der Waals surface area contributed by atoms with E-state index in [1.807, 2.05) is 0 Å². The van der Waals surface area contributed by atoms with E-state index in [-0.39, 0.29) is 71.2 Å². The van der Waals surface area contributed by atoms with Crippen LogP contribution in [0.5, 0.6) is 0 Å². The molecule has 4 aromatic carbocycles. The van der Waals surface area contributed by atoms with Crippen LogP contribution in [0.4, 0.5) is 0 Å². The molecule has 2 aromatic heterocycles. The van der Waals surface area contributed by atoms with Crippen LogP contribution in [0, 0.1) is 0 Å². The number of aromatic nitrogens is 4. The van der Waals surface area contributed by atoms with Gasteiger partial charge in [0.15, 0.2) is 0 Å². The quantitative estimate of drug-likeness (QED) is 0.0694. The first kappa shape index (κ1) is 56.4. The van der Waals surface area contributed by atoms with E-state index in [9.17, 15) is 76.4 Å². The summed E-state index contributed by atoms with van der Waals surface area (Å²) in [4.78, 5) is -1.32. The number of hydrogen-bond acceptors (Lipinski definition) is 18. The third-order valence-electron chi connectivity index (χ3n) is 8.00. The monoisotopic (exact) mass is 1090 g/mol. The third kappa shape index (κ3) is 12.4. The maximum atomic E-state index is 11.5. The minimum Gasteiger partial charge on any atom is -0.326 e. The molecule has 0 saturated heterocycles. The Hall–Kier alpha value is -2.90. The maximum Gasteiger partial charge on any atom is 0.328 e. The molecular weight excluding hydrogens is 1070 g/mol. The number of rotatable bonds is 8. The van der Waals surface area contributed by atoms with Crippen LogP contribution in [-0.4, -0.2) is 183 Å². The number of nitrogens with one attached hydrogen (secondary N) is 2. The van der Waals surface area contributed by atoms with Gasteiger partial charge >= 0.3 is 20.2 Å². The van der Waals surface area contributed by atoms with E-state index < -0.39 is 143 Å². The summed E-state index contributed by atoms with van der Waals surface area (Å²) in [6.45, 7) is 0. The van der Waals surface area contributed by atoms with E-state index in [4.69, 9.17) is 27.3 Å². The molecule has 2 heterocycles. The molecule has 0 aliphatic heterocycles. The summed E-state index contributed by atoms with van der Waals surface area (Å²) in [5, 5.41) is 0.134. The van der Waals surface area contributed by atoms with Gasteiger partial charge in [-0.05, 0) is 40.5 Å². The van der Waals surface area contributed by atoms with Crippen LogP contribution in [0.25, 0.3) is 38.9 Å². The van der Waals surface area contributed by atoms with E-state index in [0.29, 0.717) is 0 Å². The molecule has 28 nitrogen and oxygen atoms in total. The molecule has 0 saturated carbocycles. The third-order valence-corrected chi connectivity index (χ3v) is 15.4. The van der Waals surface area contributed by atoms with Crippen molar-refractivity contribution in [2.75, 3.05) is 0 Å². The Balaban J connectivity index is 0.000000266. The second-order valence-corrected chi connectivity index (χ2v) is 23.1. The largest absolute Gasteiger partial charge is 0.328 e. The molecule has 1 aliphatic carbocycles. The van der Waals surface area contributed by atoms with E-state index in [1.165, 1.54) is 21.9 Å². The Bertz CT molecular complexity index is 3710. The van der Waals surface area contributed by atoms with Gasteiger partial charge in [-0.2, -0.15) is 67.3 Å². The number of H-pyrrole nitrogens is 2. The molecule has 6 aromatic rings. The van der Waals surface area contributed by atoms with Crippen molar-refractivity contribution in [3.63, 3.8) is 0 Å². The standard InChI is InChI=1S/C13H10.2C7H6N2O12S4.2Na/c1-4-10-6-2-8-12-9-3-7-11(5-1)13(10)12;2*10-22(11,12)3-1-2-4(9-7(8-2)25(19,20)21)6(24(16,17)18)5(3)23(13,14)15;;/h1-8H,9H2;2*1H,(H,8,9)(H,10,11,12)(H,13,14,15)(H,16,17,18)(H,19,20,21);;. The Morgan fingerprint density at radius 3 is 1.12 bits per heavy atom. The van der Waals surface area contributed by atoms with Crippen LogP contribution >= 0.6 is 0 Å². The fourth-order valence-electron chi connectivity index (χ4n) is 5.79. The first-order chi connectivity index (χ1) is 28.3. The van der Waals surface area contributed by atoms with Gasteiger partial charge in [0.2, 0.25) is 0 Å². The van der Waals surface area contributed by atoms with Gasteiger partial charge in [-0.15, -0.1) is 0 Å². The molecule has 65 heavy (non-hydrogen) atoms. The summed E-state index contributed by atoms with van der Waals surface area (Å²) < 4.78 is 254. The van der Waals surface area contributed by atoms with Gasteiger partial charge in [-0.25, -0.2) is 9.97 Å². The summed E-state index contributed by atoms with van der Waals surface area (Å²) in [6, 6.07) is 13.4. The van der Waals surface area contributed by atoms with Crippen molar-refractivity contribution in [1.82, 2.24) is 19.9 Å². The van der Waals surface area contributed by atoms with Crippen molar-refractivity contribution in [3.05, 3.63) is 65.7 Å². The average molecular weight is 1090 g/mol. The van der Waals surface area contributed by atoms with Gasteiger partial charge in [0, 0.05) is 59.1 Å². The molecule has 0 spiro atoms. The van der Waals surface area contributed by atoms with E-state index in [0.717, 1.165) is 6.42 Å². The van der Waals surface area contributed by atoms with Gasteiger partial charge in [0.05, 0.1) is 22.1 Å². The first-order valence-electron chi connectivity index (χ1n) is 15.4. The van der Waals surface area contributed by atoms with Gasteiger partial charge in [0.25, 0.3) is 71.0 Å². The first-order valence-corrected chi connectivity index (χ1v) is 27.0. The van der Waals surface area contributed by atoms with Crippen molar-refractivity contribution in [3.8, 4) is 0 Å². The SMILES string of the molecule is C1=Cc2cccc3cccc(c23)C1.O=S(=O)(O)c1nc2cc(S(=O)(=O)O)c(S(=O)(=O)O)c(S(=O)(=O)O)c2[nH]1.O=S(=O)(O)c1nc2cc(S(=O)(=O)O)c(S(=O)(=O)O)c(S(=O)(=O)O)c2[nH]1.[Na].[Na]. The van der Waals surface area contributed by atoms with E-state index in [1.54, 1.807) is 9.97 Å². The van der Waals surface area contributed by atoms with Crippen molar-refractivity contribution < 1.29 is 104 Å². The molecule has 1 aliphatic rings. The summed E-state index contributed by atoms with van der Waals surface area (Å²) in [5.74, 6) is 0. The van der Waals surface area contributed by atoms with Crippen LogP contribution in [0.1, 0.15) is 11.1 Å². The molecule has 0 unspecified atom stereocenters. The molecule has 10 N–H and O–H groups in total. The second kappa shape index (κ2) is 18.9. The van der Waals surface area contributed by atoms with Gasteiger partial charge in [-0.3, -0.25) is 36.4 Å². The summed E-state index contributed by atoms with van der Waals surface area (Å²) >= 11 is 0. The zero-order valence-electron chi connectivity index (χ0n) is 31.8. The Labute approximate surface area is 410 Å². The van der Waals surface area contributed by atoms with Gasteiger partial charge in [0.1, 0.15) is 29.4 Å². The maximum absolute atomic E-state index is 11.5. The number of hydrogen-bond donors (Lipinski definition) is 10. The van der Waals surface area contributed by atoms with E-state index in [2.05, 4.69) is 58.5 Å². The molecule has 38 heteroatoms. The molecule has 344 valence electrons. The number of allylic oxidation sites excluding steroid dienone is 1. The minimum absolute atomic E-state index is 0. The summed E-state index contributed by atoms with van der Waals surface area (Å²) in [5.41, 5.74) is -1.11. The molecular formula is C27H22N4Na2O24S8. The number of fused-ring (bicyclic) bond motifs is 2. The zero-order chi connectivity index (χ0) is 47.8. The molecule has 0 atom stereocenters. The molecule has 0 bridgehead atoms. The summed E-state index contributed by atoms with van der Waals surface area (Å²) in [6.07, 6.45) is 5.53. The molecule has 0 amide bonds. The zero-order valence-corrected chi connectivity index (χ0v) is 42.3. The van der Waals surface area contributed by atoms with Crippen molar-refractivity contribution in [1.29, 1.82) is 0 Å². The predicted octanol–water partition coefficient (Wildman–Crippen LogP) is -0.253. The number of aromatic amines is 2. The van der Waals surface area contributed by atoms with Crippen LogP contribution < -0.4 is 0 Å². The number of nitrogens with zero attached hydrogens (tertiary/aromatic N) is 2.